The molecule has 2 rings (SSSR count). The second-order valence-electron chi connectivity index (χ2n) is 4.14. The zero-order valence-corrected chi connectivity index (χ0v) is 11.8. The number of rotatable bonds is 4. The van der Waals surface area contributed by atoms with Crippen molar-refractivity contribution in [2.24, 2.45) is 0 Å². The van der Waals surface area contributed by atoms with Gasteiger partial charge in [0.25, 0.3) is 0 Å². The molecule has 0 N–H and O–H groups in total. The van der Waals surface area contributed by atoms with Gasteiger partial charge in [0.15, 0.2) is 5.76 Å². The van der Waals surface area contributed by atoms with Crippen LogP contribution in [0, 0.1) is 5.21 Å². The Balaban J connectivity index is 2.12. The van der Waals surface area contributed by atoms with Crippen molar-refractivity contribution in [3.8, 4) is 0 Å². The highest BCUT2D eigenvalue weighted by Gasteiger charge is 2.16. The number of allylic oxidation sites excluding steroid dienone is 3. The first-order valence-corrected chi connectivity index (χ1v) is 6.64. The molecule has 0 saturated heterocycles. The predicted octanol–water partition coefficient (Wildman–Crippen LogP) is 3.92. The Bertz CT molecular complexity index is 466. The Kier molecular flexibility index (Phi) is 4.44. The van der Waals surface area contributed by atoms with Crippen molar-refractivity contribution < 1.29 is 4.74 Å². The Hall–Kier alpha value is -1.26. The van der Waals surface area contributed by atoms with Gasteiger partial charge in [0.05, 0.1) is 4.48 Å². The normalized spacial score (nSPS) is 15.4. The topological polar surface area (TPSA) is 35.5 Å². The molecule has 96 valence electrons. The van der Waals surface area contributed by atoms with Crippen LogP contribution in [-0.4, -0.2) is 12.1 Å². The predicted molar refractivity (Wildman–Crippen MR) is 75.6 cm³/mol. The SMILES string of the molecule is CN([O-])C1=C(OCc2ccccc2)C(Br)=CCC1. The van der Waals surface area contributed by atoms with E-state index in [4.69, 9.17) is 4.74 Å². The molecule has 0 atom stereocenters. The van der Waals surface area contributed by atoms with Gasteiger partial charge in [0.2, 0.25) is 0 Å². The summed E-state index contributed by atoms with van der Waals surface area (Å²) < 4.78 is 6.64. The highest BCUT2D eigenvalue weighted by Crippen LogP contribution is 2.31. The van der Waals surface area contributed by atoms with E-state index in [1.807, 2.05) is 36.4 Å². The molecule has 0 heterocycles. The molecule has 0 aromatic heterocycles. The quantitative estimate of drug-likeness (QED) is 0.791. The molecular weight excluding hydrogens is 294 g/mol. The molecule has 1 aromatic rings. The van der Waals surface area contributed by atoms with Gasteiger partial charge in [-0.15, -0.1) is 0 Å². The number of hydrogen-bond acceptors (Lipinski definition) is 3. The lowest BCUT2D eigenvalue weighted by Crippen LogP contribution is -2.15. The number of ether oxygens (including phenoxy) is 1. The minimum absolute atomic E-state index is 0.469. The first-order valence-electron chi connectivity index (χ1n) is 5.85. The second-order valence-corrected chi connectivity index (χ2v) is 4.99. The lowest BCUT2D eigenvalue weighted by Gasteiger charge is -2.32. The van der Waals surface area contributed by atoms with Crippen LogP contribution in [0.2, 0.25) is 0 Å². The third-order valence-electron chi connectivity index (χ3n) is 2.79. The standard InChI is InChI=1S/C14H15BrNO2/c1-16(17)13-9-5-8-12(15)14(13)18-10-11-6-3-2-4-7-11/h2-4,6-8H,5,9-10H2,1H3/q-1. The molecule has 0 unspecified atom stereocenters. The van der Waals surface area contributed by atoms with Crippen LogP contribution < -0.4 is 0 Å². The van der Waals surface area contributed by atoms with Crippen molar-refractivity contribution in [1.82, 2.24) is 5.06 Å². The summed E-state index contributed by atoms with van der Waals surface area (Å²) in [5, 5.41) is 12.4. The molecule has 0 radical (unpaired) electrons. The van der Waals surface area contributed by atoms with E-state index in [9.17, 15) is 5.21 Å². The third-order valence-corrected chi connectivity index (χ3v) is 3.47. The van der Waals surface area contributed by atoms with Crippen LogP contribution in [0.15, 0.2) is 52.3 Å². The highest BCUT2D eigenvalue weighted by atomic mass is 79.9. The summed E-state index contributed by atoms with van der Waals surface area (Å²) in [5.74, 6) is 0.655. The molecule has 0 saturated carbocycles. The highest BCUT2D eigenvalue weighted by molar-refractivity contribution is 9.11. The fourth-order valence-corrected chi connectivity index (χ4v) is 2.43. The van der Waals surface area contributed by atoms with Crippen LogP contribution in [-0.2, 0) is 11.3 Å². The molecule has 4 heteroatoms. The molecule has 0 bridgehead atoms. The lowest BCUT2D eigenvalue weighted by molar-refractivity contribution is 0.197. The van der Waals surface area contributed by atoms with Gasteiger partial charge in [-0.2, -0.15) is 0 Å². The minimum Gasteiger partial charge on any atom is -0.759 e. The van der Waals surface area contributed by atoms with Crippen molar-refractivity contribution in [1.29, 1.82) is 0 Å². The van der Waals surface area contributed by atoms with Gasteiger partial charge in [-0.25, -0.2) is 0 Å². The number of hydrogen-bond donors (Lipinski definition) is 0. The molecule has 0 aliphatic heterocycles. The Morgan fingerprint density at radius 2 is 2.06 bits per heavy atom. The second kappa shape index (κ2) is 6.07. The number of halogens is 1. The molecule has 1 aromatic carbocycles. The van der Waals surface area contributed by atoms with Crippen molar-refractivity contribution in [3.63, 3.8) is 0 Å². The Labute approximate surface area is 115 Å². The van der Waals surface area contributed by atoms with Crippen LogP contribution in [0.5, 0.6) is 0 Å². The van der Waals surface area contributed by atoms with Crippen LogP contribution in [0.1, 0.15) is 18.4 Å². The largest absolute Gasteiger partial charge is 0.759 e. The van der Waals surface area contributed by atoms with Crippen molar-refractivity contribution in [3.05, 3.63) is 63.1 Å². The summed E-state index contributed by atoms with van der Waals surface area (Å²) in [7, 11) is 1.51. The van der Waals surface area contributed by atoms with Gasteiger partial charge < -0.3 is 15.0 Å². The fraction of sp³-hybridized carbons (Fsp3) is 0.286. The maximum atomic E-state index is 11.5. The van der Waals surface area contributed by atoms with Gasteiger partial charge in [0.1, 0.15) is 6.61 Å². The zero-order chi connectivity index (χ0) is 13.0. The maximum Gasteiger partial charge on any atom is 0.151 e. The number of hydroxylamine groups is 2. The van der Waals surface area contributed by atoms with E-state index in [0.717, 1.165) is 28.0 Å². The van der Waals surface area contributed by atoms with Crippen LogP contribution in [0.4, 0.5) is 0 Å². The van der Waals surface area contributed by atoms with Crippen molar-refractivity contribution >= 4 is 15.9 Å². The summed E-state index contributed by atoms with van der Waals surface area (Å²) in [6.45, 7) is 0.469. The van der Waals surface area contributed by atoms with Crippen molar-refractivity contribution in [2.75, 3.05) is 7.05 Å². The summed E-state index contributed by atoms with van der Waals surface area (Å²) in [4.78, 5) is 0. The fourth-order valence-electron chi connectivity index (χ4n) is 1.86. The molecule has 0 amide bonds. The van der Waals surface area contributed by atoms with Crippen LogP contribution in [0.25, 0.3) is 0 Å². The molecule has 0 spiro atoms. The molecule has 3 nitrogen and oxygen atoms in total. The number of nitrogens with zero attached hydrogens (tertiary/aromatic N) is 1. The van der Waals surface area contributed by atoms with Gasteiger partial charge in [-0.1, -0.05) is 36.4 Å². The summed E-state index contributed by atoms with van der Waals surface area (Å²) in [6.07, 6.45) is 3.62. The van der Waals surface area contributed by atoms with E-state index in [1.165, 1.54) is 7.05 Å². The molecule has 1 aliphatic rings. The van der Waals surface area contributed by atoms with Crippen molar-refractivity contribution in [2.45, 2.75) is 19.4 Å². The third kappa shape index (κ3) is 3.15. The molecule has 1 aliphatic carbocycles. The first kappa shape index (κ1) is 13.2. The first-order chi connectivity index (χ1) is 8.68. The molecular formula is C14H15BrNO2-. The van der Waals surface area contributed by atoms with Crippen LogP contribution >= 0.6 is 15.9 Å². The smallest absolute Gasteiger partial charge is 0.151 e. The van der Waals surface area contributed by atoms with Gasteiger partial charge in [-0.3, -0.25) is 0 Å². The Morgan fingerprint density at radius 3 is 2.72 bits per heavy atom. The van der Waals surface area contributed by atoms with E-state index in [-0.39, 0.29) is 0 Å². The summed E-state index contributed by atoms with van der Waals surface area (Å²) in [5.41, 5.74) is 1.78. The molecule has 0 fully saturated rings. The summed E-state index contributed by atoms with van der Waals surface area (Å²) in [6, 6.07) is 9.91. The zero-order valence-electron chi connectivity index (χ0n) is 10.2. The van der Waals surface area contributed by atoms with E-state index < -0.39 is 0 Å². The number of benzene rings is 1. The van der Waals surface area contributed by atoms with Gasteiger partial charge in [-0.05, 0) is 41.4 Å². The van der Waals surface area contributed by atoms with E-state index in [1.54, 1.807) is 0 Å². The van der Waals surface area contributed by atoms with E-state index >= 15 is 0 Å². The summed E-state index contributed by atoms with van der Waals surface area (Å²) >= 11 is 3.45. The van der Waals surface area contributed by atoms with Crippen LogP contribution in [0.3, 0.4) is 0 Å². The molecule has 18 heavy (non-hydrogen) atoms. The van der Waals surface area contributed by atoms with E-state index in [2.05, 4.69) is 15.9 Å². The average Bonchev–Trinajstić information content (AvgIpc) is 2.38. The van der Waals surface area contributed by atoms with Gasteiger partial charge in [0, 0.05) is 5.70 Å². The van der Waals surface area contributed by atoms with E-state index in [0.29, 0.717) is 18.1 Å². The Morgan fingerprint density at radius 1 is 1.33 bits per heavy atom. The monoisotopic (exact) mass is 308 g/mol. The van der Waals surface area contributed by atoms with Gasteiger partial charge >= 0.3 is 0 Å². The lowest BCUT2D eigenvalue weighted by atomic mass is 10.1. The minimum atomic E-state index is 0.469. The average molecular weight is 309 g/mol. The maximum absolute atomic E-state index is 11.5.